The van der Waals surface area contributed by atoms with Gasteiger partial charge >= 0.3 is 0 Å². The van der Waals surface area contributed by atoms with Gasteiger partial charge in [-0.05, 0) is 11.1 Å². The van der Waals surface area contributed by atoms with Gasteiger partial charge in [0.2, 0.25) is 0 Å². The summed E-state index contributed by atoms with van der Waals surface area (Å²) in [6.45, 7) is 4.15. The van der Waals surface area contributed by atoms with Gasteiger partial charge in [-0.1, -0.05) is 38.1 Å². The summed E-state index contributed by atoms with van der Waals surface area (Å²) in [6, 6.07) is 7.74. The van der Waals surface area contributed by atoms with Crippen LogP contribution in [0.15, 0.2) is 24.3 Å². The molecule has 13 heavy (non-hydrogen) atoms. The molecule has 0 aliphatic heterocycles. The first-order valence-electron chi connectivity index (χ1n) is 4.58. The van der Waals surface area contributed by atoms with E-state index in [1.807, 2.05) is 24.3 Å². The van der Waals surface area contributed by atoms with E-state index in [4.69, 9.17) is 5.73 Å². The molecule has 0 aromatic heterocycles. The third-order valence-electron chi connectivity index (χ3n) is 3.15. The van der Waals surface area contributed by atoms with Gasteiger partial charge in [-0.25, -0.2) is 0 Å². The van der Waals surface area contributed by atoms with Gasteiger partial charge in [-0.15, -0.1) is 0 Å². The molecule has 0 fully saturated rings. The Balaban J connectivity index is 2.61. The van der Waals surface area contributed by atoms with Gasteiger partial charge in [0.05, 0.1) is 6.10 Å². The standard InChI is InChI=1S/C11H15NO/c1-11(2)8-6-4-3-5-7(8)9(13)10(11)12/h3-6,9-10,13H,12H2,1-2H3. The highest BCUT2D eigenvalue weighted by Gasteiger charge is 2.42. The SMILES string of the molecule is CC1(C)c2ccccc2C(O)C1N. The van der Waals surface area contributed by atoms with E-state index >= 15 is 0 Å². The summed E-state index contributed by atoms with van der Waals surface area (Å²) < 4.78 is 0. The first kappa shape index (κ1) is 8.73. The number of nitrogens with two attached hydrogens (primary N) is 1. The zero-order chi connectivity index (χ0) is 9.64. The maximum Gasteiger partial charge on any atom is 0.0952 e. The fraction of sp³-hybridized carbons (Fsp3) is 0.455. The minimum absolute atomic E-state index is 0.115. The minimum Gasteiger partial charge on any atom is -0.387 e. The average molecular weight is 177 g/mol. The van der Waals surface area contributed by atoms with Crippen LogP contribution < -0.4 is 5.73 Å². The monoisotopic (exact) mass is 177 g/mol. The van der Waals surface area contributed by atoms with Gasteiger partial charge in [0, 0.05) is 11.5 Å². The molecule has 3 N–H and O–H groups in total. The molecule has 1 aromatic carbocycles. The third kappa shape index (κ3) is 1.02. The zero-order valence-electron chi connectivity index (χ0n) is 7.99. The van der Waals surface area contributed by atoms with Crippen molar-refractivity contribution in [3.8, 4) is 0 Å². The molecule has 0 spiro atoms. The summed E-state index contributed by atoms with van der Waals surface area (Å²) in [6.07, 6.45) is -0.508. The smallest absolute Gasteiger partial charge is 0.0952 e. The van der Waals surface area contributed by atoms with Gasteiger partial charge in [0.15, 0.2) is 0 Å². The lowest BCUT2D eigenvalue weighted by atomic mass is 9.83. The summed E-state index contributed by atoms with van der Waals surface area (Å²) in [7, 11) is 0. The van der Waals surface area contributed by atoms with E-state index in [1.165, 1.54) is 5.56 Å². The molecule has 2 rings (SSSR count). The molecule has 1 aliphatic carbocycles. The topological polar surface area (TPSA) is 46.2 Å². The maximum absolute atomic E-state index is 9.86. The summed E-state index contributed by atoms with van der Waals surface area (Å²) in [5.41, 5.74) is 8.00. The van der Waals surface area contributed by atoms with Crippen molar-refractivity contribution < 1.29 is 5.11 Å². The molecule has 1 aliphatic rings. The number of benzene rings is 1. The number of hydrogen-bond donors (Lipinski definition) is 2. The van der Waals surface area contributed by atoms with Crippen molar-refractivity contribution in [2.45, 2.75) is 31.4 Å². The number of fused-ring (bicyclic) bond motifs is 1. The van der Waals surface area contributed by atoms with E-state index in [0.29, 0.717) is 0 Å². The Morgan fingerprint density at radius 1 is 1.31 bits per heavy atom. The van der Waals surface area contributed by atoms with E-state index < -0.39 is 6.10 Å². The molecule has 2 nitrogen and oxygen atoms in total. The van der Waals surface area contributed by atoms with Gasteiger partial charge in [0.1, 0.15) is 0 Å². The van der Waals surface area contributed by atoms with Crippen LogP contribution in [0.3, 0.4) is 0 Å². The Morgan fingerprint density at radius 3 is 2.54 bits per heavy atom. The quantitative estimate of drug-likeness (QED) is 0.628. The van der Waals surface area contributed by atoms with Crippen LogP contribution in [0.5, 0.6) is 0 Å². The summed E-state index contributed by atoms with van der Waals surface area (Å²) >= 11 is 0. The van der Waals surface area contributed by atoms with Gasteiger partial charge < -0.3 is 10.8 Å². The molecule has 2 unspecified atom stereocenters. The molecule has 0 amide bonds. The maximum atomic E-state index is 9.86. The van der Waals surface area contributed by atoms with Crippen molar-refractivity contribution in [2.75, 3.05) is 0 Å². The molecule has 70 valence electrons. The Kier molecular flexibility index (Phi) is 1.72. The highest BCUT2D eigenvalue weighted by Crippen LogP contribution is 2.43. The number of aliphatic hydroxyl groups is 1. The van der Waals surface area contributed by atoms with Crippen LogP contribution in [-0.2, 0) is 5.41 Å². The molecular formula is C11H15NO. The normalized spacial score (nSPS) is 30.2. The van der Waals surface area contributed by atoms with Gasteiger partial charge in [-0.2, -0.15) is 0 Å². The number of rotatable bonds is 0. The summed E-state index contributed by atoms with van der Waals surface area (Å²) in [4.78, 5) is 0. The van der Waals surface area contributed by atoms with Crippen LogP contribution in [0, 0.1) is 0 Å². The average Bonchev–Trinajstić information content (AvgIpc) is 2.30. The predicted octanol–water partition coefficient (Wildman–Crippen LogP) is 1.34. The van der Waals surface area contributed by atoms with Crippen LogP contribution >= 0.6 is 0 Å². The molecule has 0 radical (unpaired) electrons. The Bertz CT molecular complexity index is 333. The van der Waals surface area contributed by atoms with Gasteiger partial charge in [-0.3, -0.25) is 0 Å². The van der Waals surface area contributed by atoms with Crippen LogP contribution in [0.2, 0.25) is 0 Å². The Hall–Kier alpha value is -0.860. The van der Waals surface area contributed by atoms with E-state index in [9.17, 15) is 5.11 Å². The summed E-state index contributed by atoms with van der Waals surface area (Å²) in [5.74, 6) is 0. The molecule has 0 saturated heterocycles. The van der Waals surface area contributed by atoms with Crippen molar-refractivity contribution in [2.24, 2.45) is 5.73 Å². The van der Waals surface area contributed by atoms with Crippen molar-refractivity contribution in [1.82, 2.24) is 0 Å². The lowest BCUT2D eigenvalue weighted by Gasteiger charge is -2.25. The molecule has 0 saturated carbocycles. The van der Waals surface area contributed by atoms with E-state index in [1.54, 1.807) is 0 Å². The molecule has 2 atom stereocenters. The van der Waals surface area contributed by atoms with Crippen LogP contribution in [0.25, 0.3) is 0 Å². The summed E-state index contributed by atoms with van der Waals surface area (Å²) in [5, 5.41) is 9.86. The zero-order valence-corrected chi connectivity index (χ0v) is 7.99. The van der Waals surface area contributed by atoms with Crippen molar-refractivity contribution in [1.29, 1.82) is 0 Å². The minimum atomic E-state index is -0.508. The first-order chi connectivity index (χ1) is 6.05. The van der Waals surface area contributed by atoms with Crippen molar-refractivity contribution in [3.63, 3.8) is 0 Å². The number of aliphatic hydroxyl groups excluding tert-OH is 1. The highest BCUT2D eigenvalue weighted by molar-refractivity contribution is 5.43. The van der Waals surface area contributed by atoms with Gasteiger partial charge in [0.25, 0.3) is 0 Å². The second-order valence-electron chi connectivity index (χ2n) is 4.28. The van der Waals surface area contributed by atoms with E-state index in [2.05, 4.69) is 13.8 Å². The molecule has 0 heterocycles. The third-order valence-corrected chi connectivity index (χ3v) is 3.15. The lowest BCUT2D eigenvalue weighted by Crippen LogP contribution is -2.39. The van der Waals surface area contributed by atoms with Crippen LogP contribution in [-0.4, -0.2) is 11.1 Å². The Labute approximate surface area is 78.4 Å². The molecular weight excluding hydrogens is 162 g/mol. The van der Waals surface area contributed by atoms with Crippen molar-refractivity contribution in [3.05, 3.63) is 35.4 Å². The largest absolute Gasteiger partial charge is 0.387 e. The van der Waals surface area contributed by atoms with Crippen molar-refractivity contribution >= 4 is 0 Å². The van der Waals surface area contributed by atoms with E-state index in [-0.39, 0.29) is 11.5 Å². The second kappa shape index (κ2) is 2.56. The highest BCUT2D eigenvalue weighted by atomic mass is 16.3. The second-order valence-corrected chi connectivity index (χ2v) is 4.28. The first-order valence-corrected chi connectivity index (χ1v) is 4.58. The van der Waals surface area contributed by atoms with E-state index in [0.717, 1.165) is 5.56 Å². The molecule has 1 aromatic rings. The fourth-order valence-electron chi connectivity index (χ4n) is 2.11. The van der Waals surface area contributed by atoms with Crippen LogP contribution in [0.1, 0.15) is 31.1 Å². The fourth-order valence-corrected chi connectivity index (χ4v) is 2.11. The number of hydrogen-bond acceptors (Lipinski definition) is 2. The molecule has 2 heteroatoms. The predicted molar refractivity (Wildman–Crippen MR) is 52.4 cm³/mol. The Morgan fingerprint density at radius 2 is 1.92 bits per heavy atom. The lowest BCUT2D eigenvalue weighted by molar-refractivity contribution is 0.136. The van der Waals surface area contributed by atoms with Crippen LogP contribution in [0.4, 0.5) is 0 Å². The molecule has 0 bridgehead atoms.